The molecule has 3 atom stereocenters. The molecule has 0 aromatic rings. The van der Waals surface area contributed by atoms with Gasteiger partial charge in [-0.1, -0.05) is 0 Å². The Labute approximate surface area is 145 Å². The highest BCUT2D eigenvalue weighted by Crippen LogP contribution is 2.31. The van der Waals surface area contributed by atoms with E-state index in [0.29, 0.717) is 25.7 Å². The van der Waals surface area contributed by atoms with E-state index in [-0.39, 0.29) is 24.7 Å². The highest BCUT2D eigenvalue weighted by molar-refractivity contribution is 5.78. The van der Waals surface area contributed by atoms with Crippen LogP contribution in [0.2, 0.25) is 0 Å². The second-order valence-corrected chi connectivity index (χ2v) is 7.90. The van der Waals surface area contributed by atoms with Crippen LogP contribution in [0.3, 0.4) is 0 Å². The number of hydrogen-bond donors (Lipinski definition) is 1. The predicted octanol–water partition coefficient (Wildman–Crippen LogP) is 0.401. The fourth-order valence-electron chi connectivity index (χ4n) is 4.07. The molecule has 0 bridgehead atoms. The van der Waals surface area contributed by atoms with E-state index in [1.54, 1.807) is 0 Å². The Balaban J connectivity index is 1.50. The van der Waals surface area contributed by atoms with Gasteiger partial charge >= 0.3 is 0 Å². The van der Waals surface area contributed by atoms with Crippen LogP contribution >= 0.6 is 0 Å². The average molecular weight is 339 g/mol. The molecule has 0 aromatic heterocycles. The van der Waals surface area contributed by atoms with E-state index in [0.717, 1.165) is 32.0 Å². The molecule has 6 nitrogen and oxygen atoms in total. The lowest BCUT2D eigenvalue weighted by molar-refractivity contribution is -0.145. The largest absolute Gasteiger partial charge is 0.396 e. The zero-order valence-electron chi connectivity index (χ0n) is 15.2. The minimum Gasteiger partial charge on any atom is -0.396 e. The van der Waals surface area contributed by atoms with Crippen molar-refractivity contribution in [3.05, 3.63) is 0 Å². The first-order valence-electron chi connectivity index (χ1n) is 9.55. The molecule has 2 aliphatic heterocycles. The SMILES string of the molecule is C[C@@H]1CN(C(=O)CN2CCN(CC3CC3)C(CCO)C2)C[C@H](C)O1. The normalized spacial score (nSPS) is 33.0. The molecule has 0 spiro atoms. The fraction of sp³-hybridized carbons (Fsp3) is 0.944. The quantitative estimate of drug-likeness (QED) is 0.759. The van der Waals surface area contributed by atoms with Gasteiger partial charge in [0.1, 0.15) is 0 Å². The van der Waals surface area contributed by atoms with Crippen molar-refractivity contribution in [2.75, 3.05) is 52.4 Å². The van der Waals surface area contributed by atoms with Crippen LogP contribution in [0.25, 0.3) is 0 Å². The zero-order valence-corrected chi connectivity index (χ0v) is 15.2. The van der Waals surface area contributed by atoms with Crippen molar-refractivity contribution in [3.8, 4) is 0 Å². The Morgan fingerprint density at radius 1 is 1.12 bits per heavy atom. The first-order chi connectivity index (χ1) is 11.5. The summed E-state index contributed by atoms with van der Waals surface area (Å²) in [7, 11) is 0. The number of carbonyl (C=O) groups is 1. The van der Waals surface area contributed by atoms with E-state index >= 15 is 0 Å². The van der Waals surface area contributed by atoms with Crippen LogP contribution < -0.4 is 0 Å². The van der Waals surface area contributed by atoms with Crippen molar-refractivity contribution in [3.63, 3.8) is 0 Å². The van der Waals surface area contributed by atoms with Crippen LogP contribution in [0.15, 0.2) is 0 Å². The second-order valence-electron chi connectivity index (χ2n) is 7.90. The molecule has 2 saturated heterocycles. The van der Waals surface area contributed by atoms with Crippen LogP contribution in [0.5, 0.6) is 0 Å². The molecule has 3 aliphatic rings. The molecule has 138 valence electrons. The molecule has 6 heteroatoms. The summed E-state index contributed by atoms with van der Waals surface area (Å²) in [6, 6.07) is 0.389. The van der Waals surface area contributed by atoms with Gasteiger partial charge < -0.3 is 14.7 Å². The first-order valence-corrected chi connectivity index (χ1v) is 9.55. The summed E-state index contributed by atoms with van der Waals surface area (Å²) in [5.41, 5.74) is 0. The lowest BCUT2D eigenvalue weighted by Gasteiger charge is -2.42. The Hall–Kier alpha value is -0.690. The van der Waals surface area contributed by atoms with Crippen molar-refractivity contribution in [1.82, 2.24) is 14.7 Å². The lowest BCUT2D eigenvalue weighted by Crippen LogP contribution is -2.57. The van der Waals surface area contributed by atoms with E-state index in [1.165, 1.54) is 19.4 Å². The molecular formula is C18H33N3O3. The Morgan fingerprint density at radius 3 is 2.46 bits per heavy atom. The van der Waals surface area contributed by atoms with E-state index in [4.69, 9.17) is 4.74 Å². The smallest absolute Gasteiger partial charge is 0.236 e. The summed E-state index contributed by atoms with van der Waals surface area (Å²) in [4.78, 5) is 19.4. The van der Waals surface area contributed by atoms with Gasteiger partial charge in [-0.25, -0.2) is 0 Å². The predicted molar refractivity (Wildman–Crippen MR) is 92.8 cm³/mol. The Bertz CT molecular complexity index is 420. The van der Waals surface area contributed by atoms with Gasteiger partial charge in [0, 0.05) is 51.9 Å². The summed E-state index contributed by atoms with van der Waals surface area (Å²) < 4.78 is 5.72. The fourth-order valence-corrected chi connectivity index (χ4v) is 4.07. The number of piperazine rings is 1. The molecule has 1 saturated carbocycles. The van der Waals surface area contributed by atoms with Crippen LogP contribution in [-0.2, 0) is 9.53 Å². The summed E-state index contributed by atoms with van der Waals surface area (Å²) in [6.45, 7) is 10.2. The topological polar surface area (TPSA) is 56.3 Å². The number of carbonyl (C=O) groups excluding carboxylic acids is 1. The third-order valence-electron chi connectivity index (χ3n) is 5.47. The summed E-state index contributed by atoms with van der Waals surface area (Å²) >= 11 is 0. The van der Waals surface area contributed by atoms with Crippen molar-refractivity contribution in [2.45, 2.75) is 51.4 Å². The Kier molecular flexibility index (Phi) is 6.13. The first kappa shape index (κ1) is 18.1. The van der Waals surface area contributed by atoms with Crippen LogP contribution in [0, 0.1) is 5.92 Å². The highest BCUT2D eigenvalue weighted by Gasteiger charge is 2.33. The van der Waals surface area contributed by atoms with Crippen LogP contribution in [0.1, 0.15) is 33.1 Å². The molecule has 24 heavy (non-hydrogen) atoms. The zero-order chi connectivity index (χ0) is 17.1. The Morgan fingerprint density at radius 2 is 1.83 bits per heavy atom. The monoisotopic (exact) mass is 339 g/mol. The maximum absolute atomic E-state index is 12.7. The lowest BCUT2D eigenvalue weighted by atomic mass is 10.1. The number of ether oxygens (including phenoxy) is 1. The minimum absolute atomic E-state index is 0.121. The van der Waals surface area contributed by atoms with Gasteiger partial charge in [-0.05, 0) is 39.0 Å². The molecule has 1 amide bonds. The number of hydrogen-bond acceptors (Lipinski definition) is 5. The molecular weight excluding hydrogens is 306 g/mol. The minimum atomic E-state index is 0.121. The second kappa shape index (κ2) is 8.13. The number of morpholine rings is 1. The molecule has 3 rings (SSSR count). The van der Waals surface area contributed by atoms with Crippen LogP contribution in [-0.4, -0.2) is 96.4 Å². The van der Waals surface area contributed by atoms with Gasteiger partial charge in [0.05, 0.1) is 18.8 Å². The van der Waals surface area contributed by atoms with E-state index in [9.17, 15) is 9.90 Å². The maximum Gasteiger partial charge on any atom is 0.236 e. The molecule has 0 aromatic carbocycles. The average Bonchev–Trinajstić information content (AvgIpc) is 3.33. The summed E-state index contributed by atoms with van der Waals surface area (Å²) in [5, 5.41) is 9.38. The highest BCUT2D eigenvalue weighted by atomic mass is 16.5. The molecule has 1 aliphatic carbocycles. The van der Waals surface area contributed by atoms with E-state index in [2.05, 4.69) is 9.80 Å². The van der Waals surface area contributed by atoms with Crippen molar-refractivity contribution >= 4 is 5.91 Å². The van der Waals surface area contributed by atoms with Gasteiger partial charge in [-0.3, -0.25) is 14.6 Å². The van der Waals surface area contributed by atoms with E-state index in [1.807, 2.05) is 18.7 Å². The third-order valence-corrected chi connectivity index (χ3v) is 5.47. The van der Waals surface area contributed by atoms with E-state index < -0.39 is 0 Å². The number of aliphatic hydroxyl groups is 1. The van der Waals surface area contributed by atoms with Gasteiger partial charge in [0.25, 0.3) is 0 Å². The third kappa shape index (κ3) is 4.91. The number of nitrogens with zero attached hydrogens (tertiary/aromatic N) is 3. The van der Waals surface area contributed by atoms with Crippen molar-refractivity contribution < 1.29 is 14.6 Å². The molecule has 0 radical (unpaired) electrons. The summed E-state index contributed by atoms with van der Waals surface area (Å²) in [6.07, 6.45) is 3.77. The molecule has 3 fully saturated rings. The number of amides is 1. The van der Waals surface area contributed by atoms with Crippen LogP contribution in [0.4, 0.5) is 0 Å². The number of aliphatic hydroxyl groups excluding tert-OH is 1. The van der Waals surface area contributed by atoms with Crippen molar-refractivity contribution in [1.29, 1.82) is 0 Å². The maximum atomic E-state index is 12.7. The summed E-state index contributed by atoms with van der Waals surface area (Å²) in [5.74, 6) is 1.09. The molecule has 2 heterocycles. The van der Waals surface area contributed by atoms with Gasteiger partial charge in [-0.2, -0.15) is 0 Å². The standard InChI is InChI=1S/C18H33N3O3/c1-14-9-21(10-15(2)24-14)18(23)13-19-6-7-20(11-16-3-4-16)17(12-19)5-8-22/h14-17,22H,3-13H2,1-2H3/t14-,15+,17?. The van der Waals surface area contributed by atoms with Gasteiger partial charge in [-0.15, -0.1) is 0 Å². The number of rotatable bonds is 6. The van der Waals surface area contributed by atoms with Gasteiger partial charge in [0.15, 0.2) is 0 Å². The van der Waals surface area contributed by atoms with Gasteiger partial charge in [0.2, 0.25) is 5.91 Å². The van der Waals surface area contributed by atoms with Crippen molar-refractivity contribution in [2.24, 2.45) is 5.92 Å². The molecule has 1 unspecified atom stereocenters. The molecule has 1 N–H and O–H groups in total.